The fourth-order valence-corrected chi connectivity index (χ4v) is 1.95. The first kappa shape index (κ1) is 16.6. The summed E-state index contributed by atoms with van der Waals surface area (Å²) in [6, 6.07) is 8.41. The van der Waals surface area contributed by atoms with Crippen LogP contribution < -0.4 is 5.32 Å². The lowest BCUT2D eigenvalue weighted by molar-refractivity contribution is 0.0252. The maximum Gasteiger partial charge on any atom is 0.0897 e. The summed E-state index contributed by atoms with van der Waals surface area (Å²) in [6.45, 7) is 7.90. The van der Waals surface area contributed by atoms with Crippen LogP contribution in [-0.4, -0.2) is 31.0 Å². The fourth-order valence-electron chi connectivity index (χ4n) is 1.68. The summed E-state index contributed by atoms with van der Waals surface area (Å²) >= 11 is 3.42. The molecule has 1 unspecified atom stereocenters. The Morgan fingerprint density at radius 2 is 1.79 bits per heavy atom. The van der Waals surface area contributed by atoms with Gasteiger partial charge in [0.15, 0.2) is 0 Å². The van der Waals surface area contributed by atoms with Crippen LogP contribution in [0.15, 0.2) is 28.7 Å². The molecule has 108 valence electrons. The van der Waals surface area contributed by atoms with Crippen LogP contribution in [0, 0.1) is 5.92 Å². The Kier molecular flexibility index (Phi) is 7.61. The van der Waals surface area contributed by atoms with E-state index in [-0.39, 0.29) is 6.04 Å². The molecular formula is C15H24BrNO2. The lowest BCUT2D eigenvalue weighted by Gasteiger charge is -2.18. The van der Waals surface area contributed by atoms with E-state index < -0.39 is 6.10 Å². The molecule has 2 atom stereocenters. The second-order valence-corrected chi connectivity index (χ2v) is 6.18. The molecular weight excluding hydrogens is 306 g/mol. The summed E-state index contributed by atoms with van der Waals surface area (Å²) in [6.07, 6.45) is -0.461. The van der Waals surface area contributed by atoms with Crippen LogP contribution in [-0.2, 0) is 4.74 Å². The van der Waals surface area contributed by atoms with Crippen molar-refractivity contribution in [1.29, 1.82) is 0 Å². The molecule has 0 amide bonds. The van der Waals surface area contributed by atoms with E-state index in [4.69, 9.17) is 4.74 Å². The zero-order valence-electron chi connectivity index (χ0n) is 11.9. The van der Waals surface area contributed by atoms with Gasteiger partial charge in [0.2, 0.25) is 0 Å². The summed E-state index contributed by atoms with van der Waals surface area (Å²) in [5.41, 5.74) is 1.21. The van der Waals surface area contributed by atoms with Crippen LogP contribution in [0.5, 0.6) is 0 Å². The Hall–Kier alpha value is -0.420. The molecule has 1 aromatic carbocycles. The largest absolute Gasteiger partial charge is 0.389 e. The Morgan fingerprint density at radius 3 is 2.37 bits per heavy atom. The summed E-state index contributed by atoms with van der Waals surface area (Å²) in [4.78, 5) is 0. The number of ether oxygens (including phenoxy) is 1. The minimum atomic E-state index is -0.461. The third-order valence-electron chi connectivity index (χ3n) is 2.79. The average molecular weight is 330 g/mol. The lowest BCUT2D eigenvalue weighted by Crippen LogP contribution is -2.32. The van der Waals surface area contributed by atoms with Crippen molar-refractivity contribution in [3.63, 3.8) is 0 Å². The van der Waals surface area contributed by atoms with Crippen LogP contribution in [0.25, 0.3) is 0 Å². The van der Waals surface area contributed by atoms with Crippen molar-refractivity contribution in [2.24, 2.45) is 5.92 Å². The van der Waals surface area contributed by atoms with Gasteiger partial charge in [0.25, 0.3) is 0 Å². The highest BCUT2D eigenvalue weighted by Gasteiger charge is 2.09. The van der Waals surface area contributed by atoms with Crippen molar-refractivity contribution in [3.8, 4) is 0 Å². The molecule has 0 aromatic heterocycles. The van der Waals surface area contributed by atoms with Gasteiger partial charge in [-0.15, -0.1) is 0 Å². The number of halogens is 1. The Morgan fingerprint density at radius 1 is 1.16 bits per heavy atom. The summed E-state index contributed by atoms with van der Waals surface area (Å²) < 4.78 is 6.49. The van der Waals surface area contributed by atoms with E-state index in [9.17, 15) is 5.11 Å². The van der Waals surface area contributed by atoms with Gasteiger partial charge in [-0.1, -0.05) is 41.9 Å². The SMILES string of the molecule is CC(C)COCC(O)CN[C@H](C)c1ccc(Br)cc1. The molecule has 0 bridgehead atoms. The normalized spacial score (nSPS) is 14.6. The molecule has 1 rings (SSSR count). The maximum atomic E-state index is 9.81. The van der Waals surface area contributed by atoms with Gasteiger partial charge in [-0.2, -0.15) is 0 Å². The molecule has 0 aliphatic heterocycles. The predicted molar refractivity (Wildman–Crippen MR) is 82.2 cm³/mol. The molecule has 0 fully saturated rings. The number of rotatable bonds is 8. The molecule has 2 N–H and O–H groups in total. The summed E-state index contributed by atoms with van der Waals surface area (Å²) in [7, 11) is 0. The molecule has 3 nitrogen and oxygen atoms in total. The van der Waals surface area contributed by atoms with Gasteiger partial charge in [0, 0.05) is 23.7 Å². The van der Waals surface area contributed by atoms with E-state index >= 15 is 0 Å². The number of hydrogen-bond acceptors (Lipinski definition) is 3. The van der Waals surface area contributed by atoms with Crippen molar-refractivity contribution < 1.29 is 9.84 Å². The van der Waals surface area contributed by atoms with Crippen molar-refractivity contribution in [3.05, 3.63) is 34.3 Å². The average Bonchev–Trinajstić information content (AvgIpc) is 2.36. The molecule has 4 heteroatoms. The van der Waals surface area contributed by atoms with Gasteiger partial charge in [-0.05, 0) is 30.5 Å². The predicted octanol–water partition coefficient (Wildman–Crippen LogP) is 3.13. The number of aliphatic hydroxyl groups is 1. The van der Waals surface area contributed by atoms with Gasteiger partial charge in [0.05, 0.1) is 12.7 Å². The molecule has 0 saturated heterocycles. The highest BCUT2D eigenvalue weighted by Crippen LogP contribution is 2.16. The molecule has 0 heterocycles. The molecule has 0 saturated carbocycles. The Balaban J connectivity index is 2.25. The first-order valence-electron chi connectivity index (χ1n) is 6.73. The van der Waals surface area contributed by atoms with Gasteiger partial charge in [-0.25, -0.2) is 0 Å². The van der Waals surface area contributed by atoms with Crippen LogP contribution in [0.2, 0.25) is 0 Å². The molecule has 0 spiro atoms. The van der Waals surface area contributed by atoms with Gasteiger partial charge < -0.3 is 15.2 Å². The minimum absolute atomic E-state index is 0.216. The number of hydrogen-bond donors (Lipinski definition) is 2. The Bertz CT molecular complexity index is 354. The van der Waals surface area contributed by atoms with Crippen LogP contribution in [0.4, 0.5) is 0 Å². The van der Waals surface area contributed by atoms with E-state index in [1.54, 1.807) is 0 Å². The van der Waals surface area contributed by atoms with Gasteiger partial charge >= 0.3 is 0 Å². The molecule has 0 aliphatic carbocycles. The zero-order valence-corrected chi connectivity index (χ0v) is 13.5. The highest BCUT2D eigenvalue weighted by atomic mass is 79.9. The Labute approximate surface area is 124 Å². The lowest BCUT2D eigenvalue weighted by atomic mass is 10.1. The van der Waals surface area contributed by atoms with Crippen LogP contribution >= 0.6 is 15.9 Å². The number of benzene rings is 1. The quantitative estimate of drug-likeness (QED) is 0.769. The second-order valence-electron chi connectivity index (χ2n) is 5.27. The topological polar surface area (TPSA) is 41.5 Å². The van der Waals surface area contributed by atoms with Crippen molar-refractivity contribution in [1.82, 2.24) is 5.32 Å². The monoisotopic (exact) mass is 329 g/mol. The standard InChI is InChI=1S/C15H24BrNO2/c1-11(2)9-19-10-15(18)8-17-12(3)13-4-6-14(16)7-5-13/h4-7,11-12,15,17-18H,8-10H2,1-3H3/t12-,15?/m1/s1. The smallest absolute Gasteiger partial charge is 0.0897 e. The minimum Gasteiger partial charge on any atom is -0.389 e. The number of aliphatic hydroxyl groups excluding tert-OH is 1. The molecule has 0 radical (unpaired) electrons. The second kappa shape index (κ2) is 8.69. The molecule has 19 heavy (non-hydrogen) atoms. The van der Waals surface area contributed by atoms with Crippen LogP contribution in [0.1, 0.15) is 32.4 Å². The van der Waals surface area contributed by atoms with Gasteiger partial charge in [0.1, 0.15) is 0 Å². The summed E-state index contributed by atoms with van der Waals surface area (Å²) in [5.74, 6) is 0.502. The van der Waals surface area contributed by atoms with E-state index in [1.807, 2.05) is 12.1 Å². The summed E-state index contributed by atoms with van der Waals surface area (Å²) in [5, 5.41) is 13.1. The van der Waals surface area contributed by atoms with E-state index in [1.165, 1.54) is 5.56 Å². The maximum absolute atomic E-state index is 9.81. The first-order chi connectivity index (χ1) is 8.99. The zero-order chi connectivity index (χ0) is 14.3. The van der Waals surface area contributed by atoms with Crippen molar-refractivity contribution >= 4 is 15.9 Å². The van der Waals surface area contributed by atoms with Gasteiger partial charge in [-0.3, -0.25) is 0 Å². The van der Waals surface area contributed by atoms with E-state index in [2.05, 4.69) is 54.2 Å². The number of nitrogens with one attached hydrogen (secondary N) is 1. The molecule has 0 aliphatic rings. The third kappa shape index (κ3) is 7.06. The van der Waals surface area contributed by atoms with Crippen molar-refractivity contribution in [2.45, 2.75) is 32.9 Å². The van der Waals surface area contributed by atoms with E-state index in [0.717, 1.165) is 4.47 Å². The van der Waals surface area contributed by atoms with E-state index in [0.29, 0.717) is 25.7 Å². The first-order valence-corrected chi connectivity index (χ1v) is 7.53. The van der Waals surface area contributed by atoms with Crippen LogP contribution in [0.3, 0.4) is 0 Å². The van der Waals surface area contributed by atoms with Crippen molar-refractivity contribution in [2.75, 3.05) is 19.8 Å². The third-order valence-corrected chi connectivity index (χ3v) is 3.32. The fraction of sp³-hybridized carbons (Fsp3) is 0.600. The molecule has 1 aromatic rings. The highest BCUT2D eigenvalue weighted by molar-refractivity contribution is 9.10.